The van der Waals surface area contributed by atoms with Crippen LogP contribution in [0.2, 0.25) is 0 Å². The molecule has 0 bridgehead atoms. The van der Waals surface area contributed by atoms with Gasteiger partial charge in [-0.15, -0.1) is 0 Å². The molecule has 5 nitrogen and oxygen atoms in total. The van der Waals surface area contributed by atoms with Crippen LogP contribution in [0.1, 0.15) is 5.56 Å². The number of amides is 1. The predicted octanol–water partition coefficient (Wildman–Crippen LogP) is 0.507. The molecule has 1 aromatic rings. The van der Waals surface area contributed by atoms with Crippen LogP contribution >= 0.6 is 12.2 Å². The summed E-state index contributed by atoms with van der Waals surface area (Å²) in [5, 5.41) is 2.89. The minimum atomic E-state index is -0.0294. The fourth-order valence-corrected chi connectivity index (χ4v) is 2.38. The van der Waals surface area contributed by atoms with Crippen molar-refractivity contribution in [2.75, 3.05) is 45.1 Å². The second-order valence-electron chi connectivity index (χ2n) is 5.04. The lowest BCUT2D eigenvalue weighted by molar-refractivity contribution is -0.117. The van der Waals surface area contributed by atoms with Crippen molar-refractivity contribution in [1.29, 1.82) is 0 Å². The Bertz CT molecular complexity index is 498. The first kappa shape index (κ1) is 14.9. The molecule has 1 fully saturated rings. The highest BCUT2D eigenvalue weighted by Gasteiger charge is 2.17. The summed E-state index contributed by atoms with van der Waals surface area (Å²) >= 11 is 4.99. The first-order valence-electron chi connectivity index (χ1n) is 6.66. The van der Waals surface area contributed by atoms with E-state index in [4.69, 9.17) is 18.0 Å². The molecule has 1 heterocycles. The van der Waals surface area contributed by atoms with Crippen LogP contribution in [-0.2, 0) is 4.79 Å². The Labute approximate surface area is 124 Å². The number of carbonyl (C=O) groups excluding carboxylic acids is 1. The van der Waals surface area contributed by atoms with Crippen LogP contribution in [0.15, 0.2) is 24.3 Å². The van der Waals surface area contributed by atoms with Gasteiger partial charge in [-0.2, -0.15) is 0 Å². The minimum absolute atomic E-state index is 0.0294. The number of para-hydroxylation sites is 1. The van der Waals surface area contributed by atoms with Gasteiger partial charge in [0.2, 0.25) is 5.91 Å². The molecule has 1 aromatic carbocycles. The van der Waals surface area contributed by atoms with E-state index >= 15 is 0 Å². The maximum atomic E-state index is 12.1. The minimum Gasteiger partial charge on any atom is -0.389 e. The van der Waals surface area contributed by atoms with Gasteiger partial charge in [0.15, 0.2) is 0 Å². The van der Waals surface area contributed by atoms with E-state index in [-0.39, 0.29) is 5.91 Å². The second-order valence-corrected chi connectivity index (χ2v) is 5.48. The average molecular weight is 292 g/mol. The van der Waals surface area contributed by atoms with E-state index in [1.54, 1.807) is 0 Å². The maximum Gasteiger partial charge on any atom is 0.238 e. The van der Waals surface area contributed by atoms with Gasteiger partial charge in [0, 0.05) is 31.7 Å². The van der Waals surface area contributed by atoms with Gasteiger partial charge in [0.25, 0.3) is 0 Å². The van der Waals surface area contributed by atoms with Crippen molar-refractivity contribution in [3.63, 3.8) is 0 Å². The molecule has 2 rings (SSSR count). The number of carbonyl (C=O) groups is 1. The Balaban J connectivity index is 1.93. The van der Waals surface area contributed by atoms with Crippen LogP contribution in [0.3, 0.4) is 0 Å². The van der Waals surface area contributed by atoms with Crippen molar-refractivity contribution in [3.05, 3.63) is 29.8 Å². The number of piperazine rings is 1. The van der Waals surface area contributed by atoms with Gasteiger partial charge in [0.05, 0.1) is 12.2 Å². The number of thiocarbonyl (C=S) groups is 1. The number of anilines is 1. The van der Waals surface area contributed by atoms with Gasteiger partial charge >= 0.3 is 0 Å². The fraction of sp³-hybridized carbons (Fsp3) is 0.429. The number of rotatable bonds is 4. The Morgan fingerprint density at radius 2 is 1.95 bits per heavy atom. The lowest BCUT2D eigenvalue weighted by Gasteiger charge is -2.31. The molecule has 1 amide bonds. The molecule has 0 aromatic heterocycles. The lowest BCUT2D eigenvalue weighted by Crippen LogP contribution is -2.47. The Morgan fingerprint density at radius 3 is 2.60 bits per heavy atom. The number of hydrogen-bond donors (Lipinski definition) is 2. The smallest absolute Gasteiger partial charge is 0.238 e. The Kier molecular flexibility index (Phi) is 5.05. The van der Waals surface area contributed by atoms with E-state index < -0.39 is 0 Å². The predicted molar refractivity (Wildman–Crippen MR) is 84.9 cm³/mol. The third-order valence-electron chi connectivity index (χ3n) is 3.43. The molecule has 0 aliphatic carbocycles. The highest BCUT2D eigenvalue weighted by Crippen LogP contribution is 2.14. The molecular weight excluding hydrogens is 272 g/mol. The summed E-state index contributed by atoms with van der Waals surface area (Å²) in [6, 6.07) is 7.34. The largest absolute Gasteiger partial charge is 0.389 e. The van der Waals surface area contributed by atoms with E-state index in [1.807, 2.05) is 24.3 Å². The summed E-state index contributed by atoms with van der Waals surface area (Å²) in [6.45, 7) is 4.23. The number of nitrogens with one attached hydrogen (secondary N) is 1. The number of nitrogens with zero attached hydrogens (tertiary/aromatic N) is 2. The highest BCUT2D eigenvalue weighted by molar-refractivity contribution is 7.80. The molecule has 3 N–H and O–H groups in total. The quantitative estimate of drug-likeness (QED) is 0.792. The van der Waals surface area contributed by atoms with Crippen LogP contribution in [0, 0.1) is 0 Å². The molecule has 0 radical (unpaired) electrons. The highest BCUT2D eigenvalue weighted by atomic mass is 32.1. The third kappa shape index (κ3) is 4.00. The molecule has 0 spiro atoms. The van der Waals surface area contributed by atoms with E-state index in [0.717, 1.165) is 26.2 Å². The van der Waals surface area contributed by atoms with E-state index in [1.165, 1.54) is 0 Å². The van der Waals surface area contributed by atoms with Gasteiger partial charge in [-0.3, -0.25) is 9.69 Å². The van der Waals surface area contributed by atoms with Gasteiger partial charge in [-0.25, -0.2) is 0 Å². The van der Waals surface area contributed by atoms with Crippen molar-refractivity contribution in [2.45, 2.75) is 0 Å². The molecule has 108 valence electrons. The monoisotopic (exact) mass is 292 g/mol. The number of nitrogens with two attached hydrogens (primary N) is 1. The van der Waals surface area contributed by atoms with Gasteiger partial charge in [-0.05, 0) is 19.2 Å². The SMILES string of the molecule is CN1CCN(CC(=O)Nc2ccccc2C(N)=S)CC1. The lowest BCUT2D eigenvalue weighted by atomic mass is 10.2. The molecule has 1 saturated heterocycles. The topological polar surface area (TPSA) is 61.6 Å². The van der Waals surface area contributed by atoms with Crippen LogP contribution in [0.4, 0.5) is 5.69 Å². The first-order valence-corrected chi connectivity index (χ1v) is 7.06. The molecule has 0 unspecified atom stereocenters. The maximum absolute atomic E-state index is 12.1. The summed E-state index contributed by atoms with van der Waals surface area (Å²) in [6.07, 6.45) is 0. The van der Waals surface area contributed by atoms with Crippen LogP contribution < -0.4 is 11.1 Å². The fourth-order valence-electron chi connectivity index (χ4n) is 2.21. The van der Waals surface area contributed by atoms with Crippen LogP contribution in [0.25, 0.3) is 0 Å². The molecular formula is C14H20N4OS. The van der Waals surface area contributed by atoms with Crippen molar-refractivity contribution in [2.24, 2.45) is 5.73 Å². The first-order chi connectivity index (χ1) is 9.56. The van der Waals surface area contributed by atoms with Crippen LogP contribution in [-0.4, -0.2) is 60.5 Å². The zero-order valence-corrected chi connectivity index (χ0v) is 12.4. The van der Waals surface area contributed by atoms with E-state index in [2.05, 4.69) is 22.2 Å². The van der Waals surface area contributed by atoms with Gasteiger partial charge < -0.3 is 16.0 Å². The zero-order chi connectivity index (χ0) is 14.5. The van der Waals surface area contributed by atoms with Gasteiger partial charge in [0.1, 0.15) is 4.99 Å². The van der Waals surface area contributed by atoms with Crippen molar-refractivity contribution >= 4 is 28.8 Å². The summed E-state index contributed by atoms with van der Waals surface area (Å²) in [4.78, 5) is 16.8. The molecule has 6 heteroatoms. The average Bonchev–Trinajstić information content (AvgIpc) is 2.41. The number of likely N-dealkylation sites (N-methyl/N-ethyl adjacent to an activating group) is 1. The molecule has 0 saturated carbocycles. The number of benzene rings is 1. The van der Waals surface area contributed by atoms with E-state index in [9.17, 15) is 4.79 Å². The Morgan fingerprint density at radius 1 is 1.30 bits per heavy atom. The van der Waals surface area contributed by atoms with Crippen molar-refractivity contribution < 1.29 is 4.79 Å². The van der Waals surface area contributed by atoms with Gasteiger partial charge in [-0.1, -0.05) is 24.4 Å². The molecule has 1 aliphatic heterocycles. The standard InChI is InChI=1S/C14H20N4OS/c1-17-6-8-18(9-7-17)10-13(19)16-12-5-3-2-4-11(12)14(15)20/h2-5H,6-10H2,1H3,(H2,15,20)(H,16,19). The molecule has 20 heavy (non-hydrogen) atoms. The zero-order valence-electron chi connectivity index (χ0n) is 11.6. The summed E-state index contributed by atoms with van der Waals surface area (Å²) in [5.74, 6) is -0.0294. The summed E-state index contributed by atoms with van der Waals surface area (Å²) in [7, 11) is 2.09. The Hall–Kier alpha value is -1.50. The number of hydrogen-bond acceptors (Lipinski definition) is 4. The van der Waals surface area contributed by atoms with E-state index in [0.29, 0.717) is 22.8 Å². The van der Waals surface area contributed by atoms with Crippen molar-refractivity contribution in [3.8, 4) is 0 Å². The normalized spacial score (nSPS) is 16.9. The third-order valence-corrected chi connectivity index (χ3v) is 3.65. The summed E-state index contributed by atoms with van der Waals surface area (Å²) in [5.41, 5.74) is 7.04. The molecule has 0 atom stereocenters. The second kappa shape index (κ2) is 6.78. The van der Waals surface area contributed by atoms with Crippen LogP contribution in [0.5, 0.6) is 0 Å². The van der Waals surface area contributed by atoms with Crippen molar-refractivity contribution in [1.82, 2.24) is 9.80 Å². The summed E-state index contributed by atoms with van der Waals surface area (Å²) < 4.78 is 0. The molecule has 1 aliphatic rings.